The first-order valence-electron chi connectivity index (χ1n) is 10.4. The number of pyridine rings is 2. The molecule has 0 amide bonds. The zero-order valence-corrected chi connectivity index (χ0v) is 17.3. The van der Waals surface area contributed by atoms with E-state index in [-0.39, 0.29) is 6.71 Å². The van der Waals surface area contributed by atoms with Crippen molar-refractivity contribution in [3.8, 4) is 45.8 Å². The Hall–Kier alpha value is -3.80. The third-order valence-corrected chi connectivity index (χ3v) is 6.41. The van der Waals surface area contributed by atoms with Crippen LogP contribution in [0.25, 0.3) is 11.3 Å². The van der Waals surface area contributed by atoms with Crippen molar-refractivity contribution in [1.29, 1.82) is 0 Å². The maximum absolute atomic E-state index is 6.54. The maximum atomic E-state index is 6.54. The van der Waals surface area contributed by atoms with Gasteiger partial charge in [0.25, 0.3) is 6.71 Å². The standard InChI is InChI=1S/C25H17BN2O3/c1-12-7-13(2)20(14(3)8-12)24-25-23-19(11-28-24)30-18-10-27-9-17-22(18)26(23)21-15(29-17)5-4-6-16(21)31-25/h4-11H,1-3H3. The summed E-state index contributed by atoms with van der Waals surface area (Å²) in [4.78, 5) is 9.15. The Balaban J connectivity index is 1.58. The van der Waals surface area contributed by atoms with Gasteiger partial charge in [0.05, 0.1) is 18.6 Å². The number of nitrogens with zero attached hydrogens (tertiary/aromatic N) is 2. The molecule has 5 heterocycles. The number of rotatable bonds is 1. The Kier molecular flexibility index (Phi) is 3.10. The molecule has 0 radical (unpaired) electrons. The average Bonchev–Trinajstić information content (AvgIpc) is 2.74. The summed E-state index contributed by atoms with van der Waals surface area (Å²) >= 11 is 0. The van der Waals surface area contributed by atoms with Crippen molar-refractivity contribution in [2.45, 2.75) is 20.8 Å². The van der Waals surface area contributed by atoms with Gasteiger partial charge in [-0.25, -0.2) is 4.98 Å². The summed E-state index contributed by atoms with van der Waals surface area (Å²) in [6.45, 7) is 6.34. The number of aromatic nitrogens is 2. The van der Waals surface area contributed by atoms with E-state index in [1.807, 2.05) is 24.4 Å². The minimum Gasteiger partial charge on any atom is -0.457 e. The second-order valence-electron chi connectivity index (χ2n) is 8.44. The molecule has 0 atom stereocenters. The molecular weight excluding hydrogens is 387 g/mol. The molecule has 0 saturated carbocycles. The van der Waals surface area contributed by atoms with E-state index in [4.69, 9.17) is 19.2 Å². The number of hydrogen-bond acceptors (Lipinski definition) is 5. The molecule has 31 heavy (non-hydrogen) atoms. The Labute approximate surface area is 179 Å². The van der Waals surface area contributed by atoms with E-state index < -0.39 is 0 Å². The molecular formula is C25H17BN2O3. The van der Waals surface area contributed by atoms with Gasteiger partial charge in [-0.05, 0) is 44.0 Å². The third-order valence-electron chi connectivity index (χ3n) is 6.41. The molecule has 0 N–H and O–H groups in total. The van der Waals surface area contributed by atoms with E-state index in [1.54, 1.807) is 12.4 Å². The van der Waals surface area contributed by atoms with E-state index in [0.29, 0.717) is 11.5 Å². The summed E-state index contributed by atoms with van der Waals surface area (Å²) in [6.07, 6.45) is 5.32. The van der Waals surface area contributed by atoms with Crippen LogP contribution in [0.15, 0.2) is 48.9 Å². The Morgan fingerprint density at radius 1 is 0.710 bits per heavy atom. The summed E-state index contributed by atoms with van der Waals surface area (Å²) in [7, 11) is 0. The van der Waals surface area contributed by atoms with Crippen LogP contribution in [-0.2, 0) is 0 Å². The van der Waals surface area contributed by atoms with Crippen molar-refractivity contribution >= 4 is 23.1 Å². The van der Waals surface area contributed by atoms with Crippen LogP contribution < -0.4 is 30.6 Å². The van der Waals surface area contributed by atoms with Gasteiger partial charge in [-0.3, -0.25) is 4.98 Å². The maximum Gasteiger partial charge on any atom is 0.270 e. The normalized spacial score (nSPS) is 13.7. The van der Waals surface area contributed by atoms with E-state index in [9.17, 15) is 0 Å². The molecule has 5 nitrogen and oxygen atoms in total. The quantitative estimate of drug-likeness (QED) is 0.389. The first kappa shape index (κ1) is 16.9. The van der Waals surface area contributed by atoms with E-state index >= 15 is 0 Å². The minimum absolute atomic E-state index is 0.0340. The van der Waals surface area contributed by atoms with Crippen molar-refractivity contribution < 1.29 is 14.2 Å². The molecule has 3 aliphatic heterocycles. The van der Waals surface area contributed by atoms with E-state index in [1.165, 1.54) is 16.7 Å². The van der Waals surface area contributed by atoms with Gasteiger partial charge in [0, 0.05) is 22.0 Å². The van der Waals surface area contributed by atoms with Gasteiger partial charge >= 0.3 is 0 Å². The average molecular weight is 404 g/mol. The lowest BCUT2D eigenvalue weighted by atomic mass is 9.34. The molecule has 0 aliphatic carbocycles. The number of benzene rings is 2. The summed E-state index contributed by atoms with van der Waals surface area (Å²) in [6, 6.07) is 10.3. The van der Waals surface area contributed by atoms with Crippen LogP contribution in [0.5, 0.6) is 34.5 Å². The zero-order chi connectivity index (χ0) is 20.9. The first-order valence-corrected chi connectivity index (χ1v) is 10.4. The van der Waals surface area contributed by atoms with Crippen LogP contribution in [0.3, 0.4) is 0 Å². The predicted molar refractivity (Wildman–Crippen MR) is 119 cm³/mol. The van der Waals surface area contributed by atoms with Gasteiger partial charge in [0.1, 0.15) is 34.4 Å². The highest BCUT2D eigenvalue weighted by atomic mass is 16.5. The topological polar surface area (TPSA) is 53.5 Å². The molecule has 0 spiro atoms. The van der Waals surface area contributed by atoms with Gasteiger partial charge in [0.15, 0.2) is 5.75 Å². The van der Waals surface area contributed by atoms with Crippen LogP contribution in [-0.4, -0.2) is 16.7 Å². The lowest BCUT2D eigenvalue weighted by molar-refractivity contribution is 0.438. The highest BCUT2D eigenvalue weighted by molar-refractivity contribution is 6.99. The smallest absolute Gasteiger partial charge is 0.270 e. The van der Waals surface area contributed by atoms with Gasteiger partial charge < -0.3 is 14.2 Å². The fourth-order valence-electron chi connectivity index (χ4n) is 5.33. The Morgan fingerprint density at radius 3 is 2.06 bits per heavy atom. The van der Waals surface area contributed by atoms with Crippen LogP contribution in [0, 0.1) is 20.8 Å². The predicted octanol–water partition coefficient (Wildman–Crippen LogP) is 3.90. The van der Waals surface area contributed by atoms with Crippen molar-refractivity contribution in [2.75, 3.05) is 0 Å². The van der Waals surface area contributed by atoms with Crippen molar-refractivity contribution in [1.82, 2.24) is 9.97 Å². The molecule has 2 aromatic heterocycles. The SMILES string of the molecule is Cc1cc(C)c(-c2ncc3c4c2Oc2cccc5c2B4c2c(cncc2O3)O5)c(C)c1. The van der Waals surface area contributed by atoms with Crippen molar-refractivity contribution in [3.05, 3.63) is 65.6 Å². The zero-order valence-electron chi connectivity index (χ0n) is 17.3. The lowest BCUT2D eigenvalue weighted by Gasteiger charge is -2.37. The number of aryl methyl sites for hydroxylation is 3. The lowest BCUT2D eigenvalue weighted by Crippen LogP contribution is -2.59. The molecule has 7 rings (SSSR count). The molecule has 148 valence electrons. The third kappa shape index (κ3) is 2.11. The fourth-order valence-corrected chi connectivity index (χ4v) is 5.33. The van der Waals surface area contributed by atoms with Crippen LogP contribution in [0.2, 0.25) is 0 Å². The Morgan fingerprint density at radius 2 is 1.32 bits per heavy atom. The molecule has 0 bridgehead atoms. The summed E-state index contributed by atoms with van der Waals surface area (Å²) in [5, 5.41) is 0. The highest BCUT2D eigenvalue weighted by Crippen LogP contribution is 2.44. The summed E-state index contributed by atoms with van der Waals surface area (Å²) in [5.41, 5.74) is 8.59. The van der Waals surface area contributed by atoms with Gasteiger partial charge in [-0.2, -0.15) is 0 Å². The van der Waals surface area contributed by atoms with Crippen molar-refractivity contribution in [2.24, 2.45) is 0 Å². The van der Waals surface area contributed by atoms with Gasteiger partial charge in [-0.1, -0.05) is 23.8 Å². The van der Waals surface area contributed by atoms with Crippen LogP contribution >= 0.6 is 0 Å². The molecule has 0 fully saturated rings. The molecule has 4 aromatic rings. The molecule has 3 aliphatic rings. The molecule has 0 saturated heterocycles. The number of hydrogen-bond donors (Lipinski definition) is 0. The van der Waals surface area contributed by atoms with Gasteiger partial charge in [-0.15, -0.1) is 0 Å². The Bertz CT molecular complexity index is 1410. The largest absolute Gasteiger partial charge is 0.457 e. The van der Waals surface area contributed by atoms with E-state index in [0.717, 1.165) is 50.6 Å². The first-order chi connectivity index (χ1) is 15.1. The van der Waals surface area contributed by atoms with Crippen molar-refractivity contribution in [3.63, 3.8) is 0 Å². The molecule has 0 unspecified atom stereocenters. The minimum atomic E-state index is -0.0340. The summed E-state index contributed by atoms with van der Waals surface area (Å²) < 4.78 is 18.9. The summed E-state index contributed by atoms with van der Waals surface area (Å²) in [5.74, 6) is 4.51. The highest BCUT2D eigenvalue weighted by Gasteiger charge is 2.47. The number of ether oxygens (including phenoxy) is 3. The fraction of sp³-hybridized carbons (Fsp3) is 0.120. The van der Waals surface area contributed by atoms with E-state index in [2.05, 4.69) is 37.9 Å². The van der Waals surface area contributed by atoms with Crippen LogP contribution in [0.1, 0.15) is 16.7 Å². The van der Waals surface area contributed by atoms with Gasteiger partial charge in [0.2, 0.25) is 0 Å². The second-order valence-corrected chi connectivity index (χ2v) is 8.44. The molecule has 2 aromatic carbocycles. The molecule has 6 heteroatoms. The van der Waals surface area contributed by atoms with Crippen LogP contribution in [0.4, 0.5) is 0 Å². The second kappa shape index (κ2) is 5.67. The monoisotopic (exact) mass is 404 g/mol.